The Hall–Kier alpha value is -1.82. The Kier molecular flexibility index (Phi) is 5.23. The Bertz CT molecular complexity index is 562. The molecule has 3 heterocycles. The van der Waals surface area contributed by atoms with E-state index in [1.165, 1.54) is 0 Å². The van der Waals surface area contributed by atoms with Gasteiger partial charge in [0.05, 0.1) is 6.61 Å². The average Bonchev–Trinajstić information content (AvgIpc) is 3.20. The number of piperidine rings is 1. The van der Waals surface area contributed by atoms with Crippen LogP contribution in [0.15, 0.2) is 18.3 Å². The number of carbonyl (C=O) groups excluding carboxylic acids is 2. The first-order valence-corrected chi connectivity index (χ1v) is 8.79. The highest BCUT2D eigenvalue weighted by Gasteiger charge is 2.45. The fraction of sp³-hybridized carbons (Fsp3) is 0.667. The molecule has 6 nitrogen and oxygen atoms in total. The number of nitrogens with zero attached hydrogens (tertiary/aromatic N) is 2. The summed E-state index contributed by atoms with van der Waals surface area (Å²) >= 11 is 0. The van der Waals surface area contributed by atoms with Crippen LogP contribution in [0.2, 0.25) is 0 Å². The Morgan fingerprint density at radius 1 is 1.38 bits per heavy atom. The van der Waals surface area contributed by atoms with Gasteiger partial charge in [-0.25, -0.2) is 0 Å². The molecule has 0 bridgehead atoms. The minimum absolute atomic E-state index is 0.0705. The van der Waals surface area contributed by atoms with Crippen LogP contribution in [-0.2, 0) is 20.7 Å². The third-order valence-corrected chi connectivity index (χ3v) is 5.42. The van der Waals surface area contributed by atoms with Crippen molar-refractivity contribution < 1.29 is 14.3 Å². The number of hydrogen-bond donors (Lipinski definition) is 1. The van der Waals surface area contributed by atoms with Gasteiger partial charge in [0.2, 0.25) is 11.8 Å². The number of carbonyl (C=O) groups is 2. The molecule has 1 spiro atoms. The largest absolute Gasteiger partial charge is 0.383 e. The molecule has 24 heavy (non-hydrogen) atoms. The van der Waals surface area contributed by atoms with E-state index in [9.17, 15) is 9.59 Å². The summed E-state index contributed by atoms with van der Waals surface area (Å²) in [6, 6.07) is 3.97. The van der Waals surface area contributed by atoms with Gasteiger partial charge in [-0.1, -0.05) is 0 Å². The fourth-order valence-corrected chi connectivity index (χ4v) is 3.87. The van der Waals surface area contributed by atoms with Crippen LogP contribution in [0.3, 0.4) is 0 Å². The standard InChI is InChI=1S/C18H27N3O3/c1-24-12-11-21-14-18(13-17(21)23)6-9-20(10-7-18)16(22)5-4-15-3-2-8-19-15/h2-3,8,19H,4-7,9-14H2,1H3. The number of aromatic nitrogens is 1. The molecular weight excluding hydrogens is 306 g/mol. The molecule has 1 aromatic rings. The molecule has 1 aromatic heterocycles. The normalized spacial score (nSPS) is 20.1. The van der Waals surface area contributed by atoms with E-state index in [1.54, 1.807) is 7.11 Å². The molecule has 0 aliphatic carbocycles. The molecule has 0 radical (unpaired) electrons. The van der Waals surface area contributed by atoms with Gasteiger partial charge in [0, 0.05) is 63.4 Å². The van der Waals surface area contributed by atoms with Crippen LogP contribution in [0.1, 0.15) is 31.4 Å². The second-order valence-electron chi connectivity index (χ2n) is 7.06. The van der Waals surface area contributed by atoms with Crippen molar-refractivity contribution >= 4 is 11.8 Å². The maximum Gasteiger partial charge on any atom is 0.223 e. The SMILES string of the molecule is COCCN1CC2(CCN(C(=O)CCc3ccc[nH]3)CC2)CC1=O. The van der Waals surface area contributed by atoms with Gasteiger partial charge in [-0.15, -0.1) is 0 Å². The molecule has 1 N–H and O–H groups in total. The van der Waals surface area contributed by atoms with Gasteiger partial charge in [-0.05, 0) is 31.4 Å². The summed E-state index contributed by atoms with van der Waals surface area (Å²) in [5.41, 5.74) is 1.17. The van der Waals surface area contributed by atoms with Gasteiger partial charge < -0.3 is 19.5 Å². The van der Waals surface area contributed by atoms with Crippen LogP contribution in [0.5, 0.6) is 0 Å². The van der Waals surface area contributed by atoms with E-state index in [2.05, 4.69) is 4.98 Å². The first-order valence-electron chi connectivity index (χ1n) is 8.79. The molecule has 2 fully saturated rings. The maximum atomic E-state index is 12.4. The number of methoxy groups -OCH3 is 1. The molecule has 0 unspecified atom stereocenters. The van der Waals surface area contributed by atoms with E-state index >= 15 is 0 Å². The second kappa shape index (κ2) is 7.38. The summed E-state index contributed by atoms with van der Waals surface area (Å²) in [4.78, 5) is 31.6. The minimum atomic E-state index is 0.0705. The van der Waals surface area contributed by atoms with E-state index in [0.717, 1.165) is 44.6 Å². The van der Waals surface area contributed by atoms with Crippen LogP contribution in [-0.4, -0.2) is 66.5 Å². The van der Waals surface area contributed by atoms with E-state index < -0.39 is 0 Å². The van der Waals surface area contributed by atoms with Gasteiger partial charge in [0.25, 0.3) is 0 Å². The van der Waals surface area contributed by atoms with Gasteiger partial charge >= 0.3 is 0 Å². The summed E-state index contributed by atoms with van der Waals surface area (Å²) in [6.07, 6.45) is 5.67. The number of amides is 2. The van der Waals surface area contributed by atoms with Crippen LogP contribution >= 0.6 is 0 Å². The molecule has 2 amide bonds. The van der Waals surface area contributed by atoms with Crippen molar-refractivity contribution in [1.29, 1.82) is 0 Å². The second-order valence-corrected chi connectivity index (χ2v) is 7.06. The molecule has 132 valence electrons. The highest BCUT2D eigenvalue weighted by atomic mass is 16.5. The zero-order chi connectivity index (χ0) is 17.0. The van der Waals surface area contributed by atoms with E-state index in [4.69, 9.17) is 4.74 Å². The number of ether oxygens (including phenoxy) is 1. The number of aromatic amines is 1. The maximum absolute atomic E-state index is 12.4. The quantitative estimate of drug-likeness (QED) is 0.856. The van der Waals surface area contributed by atoms with E-state index in [1.807, 2.05) is 28.1 Å². The van der Waals surface area contributed by atoms with Gasteiger partial charge in [0.1, 0.15) is 0 Å². The van der Waals surface area contributed by atoms with Gasteiger partial charge in [0.15, 0.2) is 0 Å². The summed E-state index contributed by atoms with van der Waals surface area (Å²) in [6.45, 7) is 3.63. The Morgan fingerprint density at radius 3 is 2.83 bits per heavy atom. The third-order valence-electron chi connectivity index (χ3n) is 5.42. The first kappa shape index (κ1) is 17.0. The number of nitrogens with one attached hydrogen (secondary N) is 1. The van der Waals surface area contributed by atoms with Gasteiger partial charge in [-0.2, -0.15) is 0 Å². The number of likely N-dealkylation sites (tertiary alicyclic amines) is 2. The summed E-state index contributed by atoms with van der Waals surface area (Å²) in [5.74, 6) is 0.457. The molecule has 2 saturated heterocycles. The number of aryl methyl sites for hydroxylation is 1. The zero-order valence-corrected chi connectivity index (χ0v) is 14.4. The van der Waals surface area contributed by atoms with Gasteiger partial charge in [-0.3, -0.25) is 9.59 Å². The van der Waals surface area contributed by atoms with Crippen molar-refractivity contribution in [3.63, 3.8) is 0 Å². The highest BCUT2D eigenvalue weighted by Crippen LogP contribution is 2.41. The van der Waals surface area contributed by atoms with Crippen LogP contribution in [0, 0.1) is 5.41 Å². The smallest absolute Gasteiger partial charge is 0.223 e. The average molecular weight is 333 g/mol. The molecule has 0 aromatic carbocycles. The number of H-pyrrole nitrogens is 1. The molecule has 0 saturated carbocycles. The molecule has 2 aliphatic heterocycles. The van der Waals surface area contributed by atoms with Crippen molar-refractivity contribution in [2.45, 2.75) is 32.1 Å². The Labute approximate surface area is 143 Å². The lowest BCUT2D eigenvalue weighted by atomic mass is 9.77. The van der Waals surface area contributed by atoms with E-state index in [0.29, 0.717) is 26.0 Å². The lowest BCUT2D eigenvalue weighted by molar-refractivity contribution is -0.133. The molecule has 3 rings (SSSR count). The summed E-state index contributed by atoms with van der Waals surface area (Å²) in [7, 11) is 1.66. The lowest BCUT2D eigenvalue weighted by Gasteiger charge is -2.38. The zero-order valence-electron chi connectivity index (χ0n) is 14.4. The van der Waals surface area contributed by atoms with Crippen molar-refractivity contribution in [3.05, 3.63) is 24.0 Å². The monoisotopic (exact) mass is 333 g/mol. The fourth-order valence-electron chi connectivity index (χ4n) is 3.87. The third kappa shape index (κ3) is 3.80. The summed E-state index contributed by atoms with van der Waals surface area (Å²) < 4.78 is 5.08. The van der Waals surface area contributed by atoms with Crippen molar-refractivity contribution in [1.82, 2.24) is 14.8 Å². The molecular formula is C18H27N3O3. The lowest BCUT2D eigenvalue weighted by Crippen LogP contribution is -2.44. The molecule has 0 atom stereocenters. The predicted molar refractivity (Wildman–Crippen MR) is 90.4 cm³/mol. The van der Waals surface area contributed by atoms with E-state index in [-0.39, 0.29) is 17.2 Å². The first-order chi connectivity index (χ1) is 11.6. The van der Waals surface area contributed by atoms with Crippen LogP contribution in [0.4, 0.5) is 0 Å². The highest BCUT2D eigenvalue weighted by molar-refractivity contribution is 5.80. The molecule has 2 aliphatic rings. The van der Waals surface area contributed by atoms with Crippen molar-refractivity contribution in [2.24, 2.45) is 5.41 Å². The number of rotatable bonds is 6. The van der Waals surface area contributed by atoms with Crippen molar-refractivity contribution in [2.75, 3.05) is 39.9 Å². The molecule has 6 heteroatoms. The Morgan fingerprint density at radius 2 is 2.17 bits per heavy atom. The van der Waals surface area contributed by atoms with Crippen LogP contribution in [0.25, 0.3) is 0 Å². The Balaban J connectivity index is 1.47. The summed E-state index contributed by atoms with van der Waals surface area (Å²) in [5, 5.41) is 0. The minimum Gasteiger partial charge on any atom is -0.383 e. The number of hydrogen-bond acceptors (Lipinski definition) is 3. The predicted octanol–water partition coefficient (Wildman–Crippen LogP) is 1.43. The van der Waals surface area contributed by atoms with Crippen molar-refractivity contribution in [3.8, 4) is 0 Å². The topological polar surface area (TPSA) is 65.6 Å². The van der Waals surface area contributed by atoms with Crippen LogP contribution < -0.4 is 0 Å².